The molecule has 3 heterocycles. The Morgan fingerprint density at radius 3 is 2.76 bits per heavy atom. The number of hydrogen-bond donors (Lipinski definition) is 2. The molecule has 0 saturated heterocycles. The molecule has 3 aromatic heterocycles. The van der Waals surface area contributed by atoms with Crippen molar-refractivity contribution in [2.45, 2.75) is 13.0 Å². The number of rotatable bonds is 6. The molecule has 0 amide bonds. The van der Waals surface area contributed by atoms with Crippen molar-refractivity contribution in [1.82, 2.24) is 20.3 Å². The highest BCUT2D eigenvalue weighted by Crippen LogP contribution is 2.22. The van der Waals surface area contributed by atoms with Crippen molar-refractivity contribution in [3.8, 4) is 11.5 Å². The second-order valence-electron chi connectivity index (χ2n) is 4.84. The largest absolute Gasteiger partial charge is 0.415 e. The third-order valence-corrected chi connectivity index (χ3v) is 3.93. The van der Waals surface area contributed by atoms with E-state index in [-0.39, 0.29) is 12.4 Å². The fraction of sp³-hybridized carbons (Fsp3) is 0.143. The van der Waals surface area contributed by atoms with Crippen LogP contribution in [0.2, 0.25) is 0 Å². The molecule has 0 radical (unpaired) electrons. The molecule has 0 aromatic carbocycles. The Morgan fingerprint density at radius 1 is 1.32 bits per heavy atom. The Labute approximate surface area is 144 Å². The first-order valence-corrected chi connectivity index (χ1v) is 7.88. The van der Waals surface area contributed by atoms with Crippen LogP contribution in [-0.2, 0) is 6.54 Å². The Kier molecular flexibility index (Phi) is 4.95. The van der Waals surface area contributed by atoms with E-state index in [1.54, 1.807) is 12.1 Å². The first-order valence-electron chi connectivity index (χ1n) is 7.00. The molecular weight excluding hydrogens is 352 g/mol. The zero-order valence-electron chi connectivity index (χ0n) is 12.7. The molecule has 0 spiro atoms. The van der Waals surface area contributed by atoms with E-state index in [2.05, 4.69) is 20.3 Å². The summed E-state index contributed by atoms with van der Waals surface area (Å²) in [5, 5.41) is 13.9. The van der Waals surface area contributed by atoms with E-state index in [9.17, 15) is 8.78 Å². The molecule has 8 nitrogen and oxygen atoms in total. The van der Waals surface area contributed by atoms with Gasteiger partial charge < -0.3 is 10.2 Å². The van der Waals surface area contributed by atoms with Gasteiger partial charge >= 0.3 is 6.43 Å². The lowest BCUT2D eigenvalue weighted by Gasteiger charge is -2.12. The summed E-state index contributed by atoms with van der Waals surface area (Å²) in [5.41, 5.74) is 6.87. The maximum Gasteiger partial charge on any atom is 0.314 e. The topological polar surface area (TPSA) is 119 Å². The van der Waals surface area contributed by atoms with Crippen molar-refractivity contribution in [2.24, 2.45) is 16.7 Å². The van der Waals surface area contributed by atoms with Gasteiger partial charge in [0.25, 0.3) is 5.89 Å². The highest BCUT2D eigenvalue weighted by Gasteiger charge is 2.17. The van der Waals surface area contributed by atoms with E-state index >= 15 is 0 Å². The minimum atomic E-state index is -2.81. The van der Waals surface area contributed by atoms with Crippen LogP contribution in [0.5, 0.6) is 0 Å². The molecule has 0 fully saturated rings. The van der Waals surface area contributed by atoms with Crippen molar-refractivity contribution >= 4 is 17.2 Å². The zero-order chi connectivity index (χ0) is 17.8. The molecule has 0 bridgehead atoms. The second-order valence-corrected chi connectivity index (χ2v) is 5.79. The van der Waals surface area contributed by atoms with Gasteiger partial charge in [-0.2, -0.15) is 8.78 Å². The number of halogens is 2. The van der Waals surface area contributed by atoms with Crippen LogP contribution in [0.15, 0.2) is 45.4 Å². The molecule has 4 N–H and O–H groups in total. The Morgan fingerprint density at radius 2 is 2.16 bits per heavy atom. The van der Waals surface area contributed by atoms with Crippen LogP contribution < -0.4 is 11.6 Å². The number of thiophene rings is 1. The summed E-state index contributed by atoms with van der Waals surface area (Å²) in [7, 11) is 0. The zero-order valence-corrected chi connectivity index (χ0v) is 13.5. The summed E-state index contributed by atoms with van der Waals surface area (Å²) < 4.78 is 29.8. The molecule has 3 aromatic rings. The average Bonchev–Trinajstić information content (AvgIpc) is 3.27. The summed E-state index contributed by atoms with van der Waals surface area (Å²) in [6.45, 7) is 0.207. The number of nitrogens with zero attached hydrogens (tertiary/aromatic N) is 5. The molecule has 0 aliphatic carbocycles. The van der Waals surface area contributed by atoms with Crippen LogP contribution in [0.25, 0.3) is 11.5 Å². The SMILES string of the molecule is N/C(=N\N(N)Cc1ccc(-c2nnc(C(F)F)o2)cn1)c1cccs1. The lowest BCUT2D eigenvalue weighted by molar-refractivity contribution is 0.116. The third-order valence-electron chi connectivity index (χ3n) is 3.03. The van der Waals surface area contributed by atoms with Crippen molar-refractivity contribution < 1.29 is 13.2 Å². The normalized spacial score (nSPS) is 11.9. The molecule has 0 atom stereocenters. The van der Waals surface area contributed by atoms with Crippen LogP contribution in [-0.4, -0.2) is 26.1 Å². The highest BCUT2D eigenvalue weighted by molar-refractivity contribution is 7.12. The Balaban J connectivity index is 1.67. The molecule has 3 rings (SSSR count). The lowest BCUT2D eigenvalue weighted by atomic mass is 10.2. The molecule has 0 aliphatic rings. The summed E-state index contributed by atoms with van der Waals surface area (Å²) in [4.78, 5) is 4.98. The van der Waals surface area contributed by atoms with Gasteiger partial charge in [-0.3, -0.25) is 4.98 Å². The molecule has 0 aliphatic heterocycles. The molecule has 25 heavy (non-hydrogen) atoms. The monoisotopic (exact) mass is 365 g/mol. The molecule has 130 valence electrons. The third kappa shape index (κ3) is 4.14. The smallest absolute Gasteiger partial charge is 0.314 e. The first kappa shape index (κ1) is 16.9. The predicted molar refractivity (Wildman–Crippen MR) is 87.3 cm³/mol. The van der Waals surface area contributed by atoms with Gasteiger partial charge in [-0.25, -0.2) is 11.0 Å². The number of pyridine rings is 1. The first-order chi connectivity index (χ1) is 12.0. The number of hydrazine groups is 1. The Hall–Kier alpha value is -2.92. The Bertz CT molecular complexity index is 848. The van der Waals surface area contributed by atoms with Crippen LogP contribution in [0.3, 0.4) is 0 Å². The number of nitrogens with two attached hydrogens (primary N) is 2. The summed E-state index contributed by atoms with van der Waals surface area (Å²) >= 11 is 1.45. The van der Waals surface area contributed by atoms with Gasteiger partial charge in [0.2, 0.25) is 5.89 Å². The van der Waals surface area contributed by atoms with E-state index in [4.69, 9.17) is 16.0 Å². The molecular formula is C14H13F2N7OS. The predicted octanol–water partition coefficient (Wildman–Crippen LogP) is 2.13. The van der Waals surface area contributed by atoms with E-state index in [1.165, 1.54) is 22.7 Å². The number of amidine groups is 1. The van der Waals surface area contributed by atoms with Crippen LogP contribution in [0.1, 0.15) is 22.9 Å². The molecule has 0 unspecified atom stereocenters. The maximum atomic E-state index is 12.5. The van der Waals surface area contributed by atoms with E-state index in [0.717, 1.165) is 4.88 Å². The number of alkyl halides is 2. The summed E-state index contributed by atoms with van der Waals surface area (Å²) in [6, 6.07) is 6.96. The van der Waals surface area contributed by atoms with Crippen LogP contribution >= 0.6 is 11.3 Å². The second kappa shape index (κ2) is 7.32. The van der Waals surface area contributed by atoms with Crippen LogP contribution in [0, 0.1) is 0 Å². The average molecular weight is 365 g/mol. The number of hydrazone groups is 1. The van der Waals surface area contributed by atoms with E-state index in [1.807, 2.05) is 17.5 Å². The minimum absolute atomic E-state index is 0.0288. The van der Waals surface area contributed by atoms with Gasteiger partial charge in [-0.1, -0.05) is 6.07 Å². The van der Waals surface area contributed by atoms with Gasteiger partial charge in [0.1, 0.15) is 0 Å². The quantitative estimate of drug-likeness (QED) is 0.297. The summed E-state index contributed by atoms with van der Waals surface area (Å²) in [5.74, 6) is 5.35. The van der Waals surface area contributed by atoms with Gasteiger partial charge in [0, 0.05) is 6.20 Å². The van der Waals surface area contributed by atoms with Gasteiger partial charge in [0.05, 0.1) is 22.7 Å². The van der Waals surface area contributed by atoms with Crippen molar-refractivity contribution in [3.05, 3.63) is 52.3 Å². The van der Waals surface area contributed by atoms with Crippen molar-refractivity contribution in [2.75, 3.05) is 0 Å². The minimum Gasteiger partial charge on any atom is -0.415 e. The van der Waals surface area contributed by atoms with Gasteiger partial charge in [0.15, 0.2) is 5.84 Å². The van der Waals surface area contributed by atoms with E-state index < -0.39 is 12.3 Å². The summed E-state index contributed by atoms with van der Waals surface area (Å²) in [6.07, 6.45) is -1.39. The fourth-order valence-corrected chi connectivity index (χ4v) is 2.52. The highest BCUT2D eigenvalue weighted by atomic mass is 32.1. The van der Waals surface area contributed by atoms with Gasteiger partial charge in [-0.05, 0) is 23.6 Å². The fourth-order valence-electron chi connectivity index (χ4n) is 1.90. The standard InChI is InChI=1S/C14H13F2N7OS/c15-11(16)14-21-20-13(24-14)8-3-4-9(19-6-8)7-23(18)22-12(17)10-2-1-5-25-10/h1-6,11H,7,18H2,(H2,17,22). The lowest BCUT2D eigenvalue weighted by Crippen LogP contribution is -2.29. The van der Waals surface area contributed by atoms with Crippen LogP contribution in [0.4, 0.5) is 8.78 Å². The van der Waals surface area contributed by atoms with Gasteiger partial charge in [-0.15, -0.1) is 26.6 Å². The van der Waals surface area contributed by atoms with Crippen molar-refractivity contribution in [1.29, 1.82) is 0 Å². The number of hydrogen-bond acceptors (Lipinski definition) is 8. The number of aromatic nitrogens is 3. The molecule has 11 heteroatoms. The van der Waals surface area contributed by atoms with E-state index in [0.29, 0.717) is 17.1 Å². The maximum absolute atomic E-state index is 12.5. The van der Waals surface area contributed by atoms with Crippen molar-refractivity contribution in [3.63, 3.8) is 0 Å². The molecule has 0 saturated carbocycles.